The van der Waals surface area contributed by atoms with Crippen molar-refractivity contribution in [3.8, 4) is 0 Å². The average molecular weight is 375 g/mol. The smallest absolute Gasteiger partial charge is 0.340 e. The Morgan fingerprint density at radius 2 is 1.71 bits per heavy atom. The Kier molecular flexibility index (Phi) is 6.19. The van der Waals surface area contributed by atoms with Crippen LogP contribution < -0.4 is 0 Å². The van der Waals surface area contributed by atoms with Gasteiger partial charge in [0.25, 0.3) is 0 Å². The van der Waals surface area contributed by atoms with Crippen LogP contribution in [-0.4, -0.2) is 23.3 Å². The van der Waals surface area contributed by atoms with E-state index in [2.05, 4.69) is 11.9 Å². The maximum Gasteiger partial charge on any atom is 0.340 e. The fourth-order valence-corrected chi connectivity index (χ4v) is 3.40. The summed E-state index contributed by atoms with van der Waals surface area (Å²) in [5.74, 6) is -0.704. The number of benzene rings is 2. The van der Waals surface area contributed by atoms with Crippen LogP contribution in [0.2, 0.25) is 0 Å². The normalized spacial score (nSPS) is 10.8. The SMILES string of the molecule is CCCc1ccc(C(=O)COC(=O)c2c(CC)nc3ccccc3c2C)cc1. The Bertz CT molecular complexity index is 1010. The van der Waals surface area contributed by atoms with E-state index in [1.54, 1.807) is 12.1 Å². The molecule has 0 aliphatic heterocycles. The second-order valence-electron chi connectivity index (χ2n) is 6.88. The van der Waals surface area contributed by atoms with Gasteiger partial charge in [-0.25, -0.2) is 4.79 Å². The summed E-state index contributed by atoms with van der Waals surface area (Å²) in [6, 6.07) is 15.2. The lowest BCUT2D eigenvalue weighted by atomic mass is 10.0. The van der Waals surface area contributed by atoms with Gasteiger partial charge in [0.05, 0.1) is 16.8 Å². The highest BCUT2D eigenvalue weighted by atomic mass is 16.5. The zero-order chi connectivity index (χ0) is 20.1. The van der Waals surface area contributed by atoms with E-state index < -0.39 is 5.97 Å². The van der Waals surface area contributed by atoms with Gasteiger partial charge >= 0.3 is 5.97 Å². The maximum absolute atomic E-state index is 12.7. The number of aryl methyl sites for hydroxylation is 3. The van der Waals surface area contributed by atoms with E-state index in [1.165, 1.54) is 5.56 Å². The van der Waals surface area contributed by atoms with Gasteiger partial charge in [0.2, 0.25) is 0 Å². The van der Waals surface area contributed by atoms with E-state index in [-0.39, 0.29) is 12.4 Å². The zero-order valence-electron chi connectivity index (χ0n) is 16.6. The molecule has 0 saturated heterocycles. The molecule has 3 rings (SSSR count). The van der Waals surface area contributed by atoms with Crippen molar-refractivity contribution in [3.05, 3.63) is 76.5 Å². The number of pyridine rings is 1. The number of ketones is 1. The third kappa shape index (κ3) is 4.11. The first-order valence-corrected chi connectivity index (χ1v) is 9.72. The fraction of sp³-hybridized carbons (Fsp3) is 0.292. The van der Waals surface area contributed by atoms with Crippen LogP contribution in [0.4, 0.5) is 0 Å². The fourth-order valence-electron chi connectivity index (χ4n) is 3.40. The van der Waals surface area contributed by atoms with Gasteiger partial charge < -0.3 is 4.74 Å². The number of Topliss-reactive ketones (excluding diaryl/α,β-unsaturated/α-hetero) is 1. The van der Waals surface area contributed by atoms with Crippen LogP contribution in [0.3, 0.4) is 0 Å². The summed E-state index contributed by atoms with van der Waals surface area (Å²) in [5, 5.41) is 0.921. The Balaban J connectivity index is 1.77. The van der Waals surface area contributed by atoms with E-state index in [9.17, 15) is 9.59 Å². The molecule has 144 valence electrons. The zero-order valence-corrected chi connectivity index (χ0v) is 16.6. The van der Waals surface area contributed by atoms with Crippen molar-refractivity contribution in [1.29, 1.82) is 0 Å². The summed E-state index contributed by atoms with van der Waals surface area (Å²) in [6.45, 7) is 5.69. The van der Waals surface area contributed by atoms with Gasteiger partial charge in [-0.1, -0.05) is 62.7 Å². The number of carbonyl (C=O) groups excluding carboxylic acids is 2. The first-order valence-electron chi connectivity index (χ1n) is 9.72. The van der Waals surface area contributed by atoms with Gasteiger partial charge in [0.15, 0.2) is 12.4 Å². The van der Waals surface area contributed by atoms with Crippen molar-refractivity contribution in [3.63, 3.8) is 0 Å². The van der Waals surface area contributed by atoms with Crippen LogP contribution in [0.1, 0.15) is 57.8 Å². The number of rotatable bonds is 7. The minimum atomic E-state index is -0.497. The lowest BCUT2D eigenvalue weighted by molar-refractivity contribution is 0.0472. The Morgan fingerprint density at radius 3 is 2.39 bits per heavy atom. The predicted molar refractivity (Wildman–Crippen MR) is 111 cm³/mol. The molecule has 1 aromatic heterocycles. The largest absolute Gasteiger partial charge is 0.454 e. The molecule has 0 saturated carbocycles. The number of ether oxygens (including phenoxy) is 1. The molecule has 0 N–H and O–H groups in total. The molecule has 0 aliphatic carbocycles. The van der Waals surface area contributed by atoms with Gasteiger partial charge in [-0.05, 0) is 37.0 Å². The molecule has 0 unspecified atom stereocenters. The number of nitrogens with zero attached hydrogens (tertiary/aromatic N) is 1. The molecule has 0 atom stereocenters. The van der Waals surface area contributed by atoms with Crippen molar-refractivity contribution in [2.24, 2.45) is 0 Å². The molecule has 4 heteroatoms. The summed E-state index contributed by atoms with van der Waals surface area (Å²) < 4.78 is 5.37. The van der Waals surface area contributed by atoms with Crippen LogP contribution in [-0.2, 0) is 17.6 Å². The van der Waals surface area contributed by atoms with Crippen LogP contribution in [0.15, 0.2) is 48.5 Å². The second kappa shape index (κ2) is 8.79. The first kappa shape index (κ1) is 19.7. The number of carbonyl (C=O) groups is 2. The quantitative estimate of drug-likeness (QED) is 0.426. The molecule has 4 nitrogen and oxygen atoms in total. The Labute approximate surface area is 165 Å². The number of esters is 1. The van der Waals surface area contributed by atoms with Gasteiger partial charge in [-0.2, -0.15) is 0 Å². The third-order valence-electron chi connectivity index (χ3n) is 4.92. The maximum atomic E-state index is 12.7. The van der Waals surface area contributed by atoms with Crippen molar-refractivity contribution in [2.45, 2.75) is 40.0 Å². The van der Waals surface area contributed by atoms with Gasteiger partial charge in [0.1, 0.15) is 0 Å². The van der Waals surface area contributed by atoms with Crippen molar-refractivity contribution >= 4 is 22.7 Å². The van der Waals surface area contributed by atoms with Crippen molar-refractivity contribution in [1.82, 2.24) is 4.98 Å². The first-order chi connectivity index (χ1) is 13.5. The van der Waals surface area contributed by atoms with Crippen LogP contribution in [0.25, 0.3) is 10.9 Å². The molecule has 28 heavy (non-hydrogen) atoms. The third-order valence-corrected chi connectivity index (χ3v) is 4.92. The van der Waals surface area contributed by atoms with E-state index in [0.717, 1.165) is 29.3 Å². The molecule has 0 bridgehead atoms. The number of hydrogen-bond donors (Lipinski definition) is 0. The highest BCUT2D eigenvalue weighted by Gasteiger charge is 2.20. The Morgan fingerprint density at radius 1 is 1.00 bits per heavy atom. The summed E-state index contributed by atoms with van der Waals surface area (Å²) in [4.78, 5) is 29.8. The molecule has 0 radical (unpaired) electrons. The van der Waals surface area contributed by atoms with E-state index in [1.807, 2.05) is 50.2 Å². The minimum Gasteiger partial charge on any atom is -0.454 e. The van der Waals surface area contributed by atoms with Gasteiger partial charge in [-0.3, -0.25) is 9.78 Å². The number of fused-ring (bicyclic) bond motifs is 1. The summed E-state index contributed by atoms with van der Waals surface area (Å²) in [5.41, 5.74) is 4.60. The lowest BCUT2D eigenvalue weighted by Gasteiger charge is -2.13. The van der Waals surface area contributed by atoms with E-state index in [0.29, 0.717) is 23.2 Å². The van der Waals surface area contributed by atoms with Crippen molar-refractivity contribution < 1.29 is 14.3 Å². The van der Waals surface area contributed by atoms with Crippen LogP contribution in [0, 0.1) is 6.92 Å². The van der Waals surface area contributed by atoms with E-state index in [4.69, 9.17) is 4.74 Å². The molecule has 0 aliphatic rings. The number of para-hydroxylation sites is 1. The summed E-state index contributed by atoms with van der Waals surface area (Å²) in [6.07, 6.45) is 2.66. The lowest BCUT2D eigenvalue weighted by Crippen LogP contribution is -2.17. The molecule has 0 spiro atoms. The molecular weight excluding hydrogens is 350 g/mol. The standard InChI is InChI=1S/C24H25NO3/c1-4-8-17-11-13-18(14-12-17)22(26)15-28-24(27)23-16(3)19-9-6-7-10-21(19)25-20(23)5-2/h6-7,9-14H,4-5,8,15H2,1-3H3. The molecule has 0 amide bonds. The molecule has 0 fully saturated rings. The minimum absolute atomic E-state index is 0.208. The molecule has 2 aromatic carbocycles. The number of hydrogen-bond acceptors (Lipinski definition) is 4. The molecule has 3 aromatic rings. The highest BCUT2D eigenvalue weighted by molar-refractivity contribution is 6.01. The number of aromatic nitrogens is 1. The monoisotopic (exact) mass is 375 g/mol. The Hall–Kier alpha value is -3.01. The van der Waals surface area contributed by atoms with Crippen LogP contribution >= 0.6 is 0 Å². The summed E-state index contributed by atoms with van der Waals surface area (Å²) >= 11 is 0. The van der Waals surface area contributed by atoms with E-state index >= 15 is 0 Å². The van der Waals surface area contributed by atoms with Gasteiger partial charge in [-0.15, -0.1) is 0 Å². The highest BCUT2D eigenvalue weighted by Crippen LogP contribution is 2.24. The van der Waals surface area contributed by atoms with Crippen molar-refractivity contribution in [2.75, 3.05) is 6.61 Å². The average Bonchev–Trinajstić information content (AvgIpc) is 2.72. The van der Waals surface area contributed by atoms with Gasteiger partial charge in [0, 0.05) is 10.9 Å². The predicted octanol–water partition coefficient (Wildman–Crippen LogP) is 5.10. The second-order valence-corrected chi connectivity index (χ2v) is 6.88. The molecule has 1 heterocycles. The summed E-state index contributed by atoms with van der Waals surface area (Å²) in [7, 11) is 0. The topological polar surface area (TPSA) is 56.3 Å². The molecular formula is C24H25NO3. The van der Waals surface area contributed by atoms with Crippen LogP contribution in [0.5, 0.6) is 0 Å².